The van der Waals surface area contributed by atoms with Crippen LogP contribution in [0.4, 0.5) is 4.39 Å². The van der Waals surface area contributed by atoms with Crippen molar-refractivity contribution < 1.29 is 17.6 Å². The minimum atomic E-state index is -3.61. The third-order valence-corrected chi connectivity index (χ3v) is 7.81. The van der Waals surface area contributed by atoms with Crippen LogP contribution < -0.4 is 5.32 Å². The first kappa shape index (κ1) is 20.0. The molecule has 0 radical (unpaired) electrons. The largest absolute Gasteiger partial charge is 0.349 e. The number of nitrogens with zero attached hydrogens (tertiary/aromatic N) is 1. The van der Waals surface area contributed by atoms with Gasteiger partial charge in [-0.15, -0.1) is 0 Å². The van der Waals surface area contributed by atoms with Crippen LogP contribution in [-0.4, -0.2) is 37.8 Å². The Kier molecular flexibility index (Phi) is 5.44. The lowest BCUT2D eigenvalue weighted by Gasteiger charge is -2.26. The molecule has 0 bridgehead atoms. The summed E-state index contributed by atoms with van der Waals surface area (Å²) in [5.74, 6) is -0.494. The fourth-order valence-corrected chi connectivity index (χ4v) is 5.74. The summed E-state index contributed by atoms with van der Waals surface area (Å²) in [6.45, 7) is 2.80. The molecule has 1 saturated heterocycles. The normalized spacial score (nSPS) is 22.3. The van der Waals surface area contributed by atoms with Gasteiger partial charge in [0.2, 0.25) is 10.0 Å². The minimum Gasteiger partial charge on any atom is -0.349 e. The summed E-state index contributed by atoms with van der Waals surface area (Å²) in [6, 6.07) is 11.2. The lowest BCUT2D eigenvalue weighted by molar-refractivity contribution is 0.0950. The first-order valence-corrected chi connectivity index (χ1v) is 11.5. The average Bonchev–Trinajstić information content (AvgIpc) is 3.48. The highest BCUT2D eigenvalue weighted by molar-refractivity contribution is 7.89. The number of piperidine rings is 1. The maximum absolute atomic E-state index is 13.4. The van der Waals surface area contributed by atoms with Gasteiger partial charge in [-0.3, -0.25) is 4.79 Å². The van der Waals surface area contributed by atoms with Crippen LogP contribution >= 0.6 is 0 Å². The van der Waals surface area contributed by atoms with E-state index >= 15 is 0 Å². The molecule has 154 valence electrons. The fraction of sp³-hybridized carbons (Fsp3) is 0.409. The van der Waals surface area contributed by atoms with E-state index in [4.69, 9.17) is 0 Å². The molecule has 2 aromatic carbocycles. The van der Waals surface area contributed by atoms with Crippen LogP contribution in [0.1, 0.15) is 53.1 Å². The maximum atomic E-state index is 13.4. The zero-order chi connectivity index (χ0) is 20.6. The second kappa shape index (κ2) is 7.88. The Morgan fingerprint density at radius 1 is 1.10 bits per heavy atom. The number of hydrogen-bond donors (Lipinski definition) is 1. The van der Waals surface area contributed by atoms with Crippen LogP contribution in [0.5, 0.6) is 0 Å². The number of sulfonamides is 1. The third kappa shape index (κ3) is 4.21. The van der Waals surface area contributed by atoms with Crippen molar-refractivity contribution in [3.8, 4) is 0 Å². The summed E-state index contributed by atoms with van der Waals surface area (Å²) in [5.41, 5.74) is 1.83. The third-order valence-electron chi connectivity index (χ3n) is 5.77. The number of aryl methyl sites for hydroxylation is 1. The van der Waals surface area contributed by atoms with E-state index in [0.29, 0.717) is 24.2 Å². The molecule has 2 aliphatic rings. The van der Waals surface area contributed by atoms with Gasteiger partial charge in [-0.25, -0.2) is 12.8 Å². The van der Waals surface area contributed by atoms with Gasteiger partial charge in [-0.05, 0) is 61.6 Å². The molecule has 5 nitrogen and oxygen atoms in total. The maximum Gasteiger partial charge on any atom is 0.251 e. The molecule has 0 spiro atoms. The van der Waals surface area contributed by atoms with Gasteiger partial charge >= 0.3 is 0 Å². The zero-order valence-corrected chi connectivity index (χ0v) is 17.2. The van der Waals surface area contributed by atoms with E-state index in [-0.39, 0.29) is 28.6 Å². The van der Waals surface area contributed by atoms with E-state index in [2.05, 4.69) is 5.32 Å². The topological polar surface area (TPSA) is 66.5 Å². The summed E-state index contributed by atoms with van der Waals surface area (Å²) in [4.78, 5) is 12.9. The van der Waals surface area contributed by atoms with Crippen molar-refractivity contribution in [3.63, 3.8) is 0 Å². The van der Waals surface area contributed by atoms with Crippen molar-refractivity contribution in [1.82, 2.24) is 9.62 Å². The minimum absolute atomic E-state index is 0.0623. The Hall–Kier alpha value is -2.25. The lowest BCUT2D eigenvalue weighted by atomic mass is 10.1. The van der Waals surface area contributed by atoms with Gasteiger partial charge in [-0.2, -0.15) is 4.31 Å². The first-order valence-electron chi connectivity index (χ1n) is 10.0. The second-order valence-electron chi connectivity index (χ2n) is 7.92. The number of benzene rings is 2. The molecule has 1 saturated carbocycles. The molecule has 0 aromatic heterocycles. The highest BCUT2D eigenvalue weighted by atomic mass is 32.2. The molecule has 2 atom stereocenters. The van der Waals surface area contributed by atoms with Crippen LogP contribution in [0.2, 0.25) is 0 Å². The van der Waals surface area contributed by atoms with Crippen molar-refractivity contribution in [3.05, 3.63) is 65.0 Å². The molecule has 1 heterocycles. The standard InChI is InChI=1S/C22H25FN2O3S/c1-15-8-9-17(13-21(15)29(27,28)25-10-3-2-4-11-25)22(26)24-20-14-19(20)16-6-5-7-18(23)12-16/h5-9,12-13,19-20H,2-4,10-11,14H2,1H3,(H,24,26)/t19-,20+/m0/s1. The van der Waals surface area contributed by atoms with Crippen molar-refractivity contribution >= 4 is 15.9 Å². The van der Waals surface area contributed by atoms with E-state index in [9.17, 15) is 17.6 Å². The Balaban J connectivity index is 1.49. The number of amides is 1. The molecular weight excluding hydrogens is 391 g/mol. The zero-order valence-electron chi connectivity index (χ0n) is 16.4. The van der Waals surface area contributed by atoms with Gasteiger partial charge < -0.3 is 5.32 Å². The Bertz CT molecular complexity index is 1030. The number of halogens is 1. The van der Waals surface area contributed by atoms with Crippen LogP contribution in [0.3, 0.4) is 0 Å². The van der Waals surface area contributed by atoms with Crippen LogP contribution in [0.25, 0.3) is 0 Å². The van der Waals surface area contributed by atoms with Crippen molar-refractivity contribution in [2.45, 2.75) is 49.5 Å². The Morgan fingerprint density at radius 3 is 2.59 bits per heavy atom. The number of carbonyl (C=O) groups excluding carboxylic acids is 1. The van der Waals surface area contributed by atoms with Crippen molar-refractivity contribution in [1.29, 1.82) is 0 Å². The van der Waals surface area contributed by atoms with Gasteiger partial charge in [-0.1, -0.05) is 24.6 Å². The monoisotopic (exact) mass is 416 g/mol. The summed E-state index contributed by atoms with van der Waals surface area (Å²) < 4.78 is 41.0. The van der Waals surface area contributed by atoms with Crippen LogP contribution in [0, 0.1) is 12.7 Å². The summed E-state index contributed by atoms with van der Waals surface area (Å²) in [6.07, 6.45) is 3.52. The van der Waals surface area contributed by atoms with E-state index in [0.717, 1.165) is 31.2 Å². The van der Waals surface area contributed by atoms with E-state index in [1.165, 1.54) is 22.5 Å². The number of carbonyl (C=O) groups is 1. The molecule has 29 heavy (non-hydrogen) atoms. The second-order valence-corrected chi connectivity index (χ2v) is 9.83. The molecule has 4 rings (SSSR count). The van der Waals surface area contributed by atoms with Crippen molar-refractivity contribution in [2.24, 2.45) is 0 Å². The molecular formula is C22H25FN2O3S. The number of hydrogen-bond acceptors (Lipinski definition) is 3. The highest BCUT2D eigenvalue weighted by Crippen LogP contribution is 2.41. The highest BCUT2D eigenvalue weighted by Gasteiger charge is 2.40. The molecule has 7 heteroatoms. The summed E-state index contributed by atoms with van der Waals surface area (Å²) in [5, 5.41) is 2.95. The predicted octanol–water partition coefficient (Wildman–Crippen LogP) is 3.59. The van der Waals surface area contributed by atoms with Gasteiger partial charge in [0.25, 0.3) is 5.91 Å². The Morgan fingerprint density at radius 2 is 1.86 bits per heavy atom. The average molecular weight is 417 g/mol. The van der Waals surface area contributed by atoms with Crippen molar-refractivity contribution in [2.75, 3.05) is 13.1 Å². The molecule has 1 N–H and O–H groups in total. The van der Waals surface area contributed by atoms with Crippen LogP contribution in [-0.2, 0) is 10.0 Å². The molecule has 2 aromatic rings. The molecule has 1 aliphatic heterocycles. The number of nitrogens with one attached hydrogen (secondary N) is 1. The van der Waals surface area contributed by atoms with Gasteiger partial charge in [0, 0.05) is 30.6 Å². The Labute approximate surface area is 171 Å². The SMILES string of the molecule is Cc1ccc(C(=O)N[C@@H]2C[C@H]2c2cccc(F)c2)cc1S(=O)(=O)N1CCCCC1. The van der Waals surface area contributed by atoms with Gasteiger partial charge in [0.05, 0.1) is 4.90 Å². The number of rotatable bonds is 5. The van der Waals surface area contributed by atoms with E-state index < -0.39 is 10.0 Å². The van der Waals surface area contributed by atoms with Gasteiger partial charge in [0.1, 0.15) is 5.82 Å². The molecule has 1 aliphatic carbocycles. The molecule has 2 fully saturated rings. The quantitative estimate of drug-likeness (QED) is 0.810. The predicted molar refractivity (Wildman–Crippen MR) is 109 cm³/mol. The summed E-state index contributed by atoms with van der Waals surface area (Å²) in [7, 11) is -3.61. The molecule has 1 amide bonds. The van der Waals surface area contributed by atoms with E-state index in [1.54, 1.807) is 25.1 Å². The van der Waals surface area contributed by atoms with Gasteiger partial charge in [0.15, 0.2) is 0 Å². The smallest absolute Gasteiger partial charge is 0.251 e. The first-order chi connectivity index (χ1) is 13.9. The van der Waals surface area contributed by atoms with Crippen LogP contribution in [0.15, 0.2) is 47.4 Å². The summed E-state index contributed by atoms with van der Waals surface area (Å²) >= 11 is 0. The fourth-order valence-electron chi connectivity index (χ4n) is 3.98. The lowest BCUT2D eigenvalue weighted by Crippen LogP contribution is -2.36. The molecule has 0 unspecified atom stereocenters. The van der Waals surface area contributed by atoms with E-state index in [1.807, 2.05) is 6.07 Å².